The number of thioether (sulfide) groups is 1. The average Bonchev–Trinajstić information content (AvgIpc) is 2.75. The van der Waals surface area contributed by atoms with Gasteiger partial charge in [0.1, 0.15) is 5.82 Å². The molecule has 0 spiro atoms. The fraction of sp³-hybridized carbons (Fsp3) is 0.300. The molecule has 0 aliphatic carbocycles. The molecule has 1 aliphatic heterocycles. The van der Waals surface area contributed by atoms with Crippen molar-refractivity contribution in [1.82, 2.24) is 5.32 Å². The molecular weight excluding hydrogens is 295 g/mol. The number of amides is 1. The lowest BCUT2D eigenvalue weighted by Crippen LogP contribution is -2.37. The summed E-state index contributed by atoms with van der Waals surface area (Å²) in [7, 11) is 0. The second kappa shape index (κ2) is 5.16. The predicted molar refractivity (Wildman–Crippen MR) is 67.0 cm³/mol. The van der Waals surface area contributed by atoms with Crippen molar-refractivity contribution in [3.63, 3.8) is 0 Å². The van der Waals surface area contributed by atoms with Gasteiger partial charge in [-0.1, -0.05) is 15.9 Å². The summed E-state index contributed by atoms with van der Waals surface area (Å²) >= 11 is 4.81. The molecule has 16 heavy (non-hydrogen) atoms. The first-order valence-corrected chi connectivity index (χ1v) is 6.68. The van der Waals surface area contributed by atoms with Crippen LogP contribution in [0.25, 0.3) is 0 Å². The van der Waals surface area contributed by atoms with Gasteiger partial charge >= 0.3 is 0 Å². The van der Waals surface area contributed by atoms with E-state index in [-0.39, 0.29) is 17.6 Å². The molecule has 0 saturated carbocycles. The van der Waals surface area contributed by atoms with Crippen LogP contribution in [0.2, 0.25) is 0 Å². The van der Waals surface area contributed by atoms with Crippen LogP contribution in [0.1, 0.15) is 0 Å². The lowest BCUT2D eigenvalue weighted by Gasteiger charge is -2.11. The summed E-state index contributed by atoms with van der Waals surface area (Å²) in [6.45, 7) is 0. The Hall–Kier alpha value is -0.590. The summed E-state index contributed by atoms with van der Waals surface area (Å²) < 4.78 is 14.1. The summed E-state index contributed by atoms with van der Waals surface area (Å²) in [5, 5.41) is 5.60. The van der Waals surface area contributed by atoms with E-state index in [9.17, 15) is 9.18 Å². The summed E-state index contributed by atoms with van der Waals surface area (Å²) in [6.07, 6.45) is 0. The minimum atomic E-state index is -0.437. The molecule has 0 radical (unpaired) electrons. The van der Waals surface area contributed by atoms with Crippen molar-refractivity contribution < 1.29 is 9.18 Å². The molecule has 1 unspecified atom stereocenters. The minimum absolute atomic E-state index is 0.189. The Bertz CT molecular complexity index is 410. The average molecular weight is 305 g/mol. The molecule has 0 bridgehead atoms. The Kier molecular flexibility index (Phi) is 3.83. The number of carbonyl (C=O) groups excluding carboxylic acids is 1. The number of benzene rings is 1. The Balaban J connectivity index is 2.05. The maximum Gasteiger partial charge on any atom is 0.242 e. The lowest BCUT2D eigenvalue weighted by molar-refractivity contribution is -0.117. The van der Waals surface area contributed by atoms with Gasteiger partial charge in [0.2, 0.25) is 5.91 Å². The Morgan fingerprint density at radius 3 is 3.06 bits per heavy atom. The number of carbonyl (C=O) groups is 1. The predicted octanol–water partition coefficient (Wildman–Crippen LogP) is 2.19. The van der Waals surface area contributed by atoms with Gasteiger partial charge in [-0.2, -0.15) is 0 Å². The fourth-order valence-electron chi connectivity index (χ4n) is 1.37. The second-order valence-corrected chi connectivity index (χ2v) is 5.33. The number of hydrogen-bond acceptors (Lipinski definition) is 3. The molecule has 1 atom stereocenters. The third-order valence-corrected chi connectivity index (χ3v) is 3.65. The minimum Gasteiger partial charge on any atom is -0.322 e. The Labute approximate surface area is 105 Å². The van der Waals surface area contributed by atoms with Crippen LogP contribution < -0.4 is 10.6 Å². The smallest absolute Gasteiger partial charge is 0.242 e. The van der Waals surface area contributed by atoms with Gasteiger partial charge < -0.3 is 5.32 Å². The molecular formula is C10H10BrFN2OS. The van der Waals surface area contributed by atoms with Crippen molar-refractivity contribution in [2.45, 2.75) is 6.04 Å². The first kappa shape index (κ1) is 11.9. The van der Waals surface area contributed by atoms with Crippen molar-refractivity contribution in [1.29, 1.82) is 0 Å². The number of rotatable bonds is 2. The van der Waals surface area contributed by atoms with Gasteiger partial charge in [0.25, 0.3) is 0 Å². The maximum absolute atomic E-state index is 13.4. The fourth-order valence-corrected chi connectivity index (χ4v) is 2.65. The van der Waals surface area contributed by atoms with Gasteiger partial charge in [0, 0.05) is 16.1 Å². The second-order valence-electron chi connectivity index (χ2n) is 3.39. The topological polar surface area (TPSA) is 41.1 Å². The summed E-state index contributed by atoms with van der Waals surface area (Å²) in [5.41, 5.74) is 0.215. The third-order valence-electron chi connectivity index (χ3n) is 2.22. The van der Waals surface area contributed by atoms with Crippen molar-refractivity contribution in [3.8, 4) is 0 Å². The van der Waals surface area contributed by atoms with Crippen LogP contribution in [0.4, 0.5) is 10.1 Å². The zero-order valence-electron chi connectivity index (χ0n) is 8.30. The van der Waals surface area contributed by atoms with Gasteiger partial charge in [-0.3, -0.25) is 10.1 Å². The molecule has 6 heteroatoms. The summed E-state index contributed by atoms with van der Waals surface area (Å²) in [5.74, 6) is 0.866. The van der Waals surface area contributed by atoms with Gasteiger partial charge in [-0.15, -0.1) is 11.8 Å². The van der Waals surface area contributed by atoms with Crippen LogP contribution >= 0.6 is 27.7 Å². The van der Waals surface area contributed by atoms with E-state index in [4.69, 9.17) is 0 Å². The highest BCUT2D eigenvalue weighted by molar-refractivity contribution is 9.10. The van der Waals surface area contributed by atoms with Crippen LogP contribution in [-0.2, 0) is 4.79 Å². The molecule has 1 heterocycles. The molecule has 1 aliphatic rings. The normalized spacial score (nSPS) is 19.8. The zero-order chi connectivity index (χ0) is 11.5. The maximum atomic E-state index is 13.4. The van der Waals surface area contributed by atoms with Gasteiger partial charge in [0.05, 0.1) is 11.7 Å². The quantitative estimate of drug-likeness (QED) is 0.880. The number of hydrogen-bond donors (Lipinski definition) is 2. The zero-order valence-corrected chi connectivity index (χ0v) is 10.7. The molecule has 1 saturated heterocycles. The highest BCUT2D eigenvalue weighted by atomic mass is 79.9. The van der Waals surface area contributed by atoms with E-state index in [1.54, 1.807) is 23.9 Å². The molecule has 1 fully saturated rings. The van der Waals surface area contributed by atoms with Gasteiger partial charge in [0.15, 0.2) is 0 Å². The van der Waals surface area contributed by atoms with E-state index in [1.165, 1.54) is 6.07 Å². The van der Waals surface area contributed by atoms with E-state index < -0.39 is 5.82 Å². The standard InChI is InChI=1S/C10H10BrFN2OS/c11-6-1-2-8(7(12)3-6)14-10(15)9-4-16-5-13-9/h1-3,9,13H,4-5H2,(H,14,15). The van der Waals surface area contributed by atoms with Crippen LogP contribution in [0.3, 0.4) is 0 Å². The van der Waals surface area contributed by atoms with Gasteiger partial charge in [-0.05, 0) is 18.2 Å². The molecule has 1 aromatic rings. The van der Waals surface area contributed by atoms with E-state index >= 15 is 0 Å². The molecule has 0 aromatic heterocycles. The third kappa shape index (κ3) is 2.75. The largest absolute Gasteiger partial charge is 0.322 e. The van der Waals surface area contributed by atoms with E-state index in [2.05, 4.69) is 26.6 Å². The van der Waals surface area contributed by atoms with Gasteiger partial charge in [-0.25, -0.2) is 4.39 Å². The molecule has 86 valence electrons. The summed E-state index contributed by atoms with van der Waals surface area (Å²) in [4.78, 5) is 11.7. The van der Waals surface area contributed by atoms with Crippen LogP contribution in [-0.4, -0.2) is 23.6 Å². The SMILES string of the molecule is O=C(Nc1ccc(Br)cc1F)C1CSCN1. The van der Waals surface area contributed by atoms with Crippen LogP contribution in [0, 0.1) is 5.82 Å². The Morgan fingerprint density at radius 2 is 2.44 bits per heavy atom. The molecule has 2 N–H and O–H groups in total. The van der Waals surface area contributed by atoms with E-state index in [0.717, 1.165) is 11.6 Å². The Morgan fingerprint density at radius 1 is 1.62 bits per heavy atom. The highest BCUT2D eigenvalue weighted by Gasteiger charge is 2.23. The van der Waals surface area contributed by atoms with Crippen LogP contribution in [0.5, 0.6) is 0 Å². The first-order chi connectivity index (χ1) is 7.66. The van der Waals surface area contributed by atoms with Crippen LogP contribution in [0.15, 0.2) is 22.7 Å². The highest BCUT2D eigenvalue weighted by Crippen LogP contribution is 2.20. The molecule has 1 aromatic carbocycles. The molecule has 2 rings (SSSR count). The number of anilines is 1. The number of halogens is 2. The lowest BCUT2D eigenvalue weighted by atomic mass is 10.2. The number of nitrogens with one attached hydrogen (secondary N) is 2. The monoisotopic (exact) mass is 304 g/mol. The van der Waals surface area contributed by atoms with Crippen molar-refractivity contribution in [2.24, 2.45) is 0 Å². The molecule has 1 amide bonds. The van der Waals surface area contributed by atoms with Crippen molar-refractivity contribution in [3.05, 3.63) is 28.5 Å². The van der Waals surface area contributed by atoms with Crippen molar-refractivity contribution in [2.75, 3.05) is 16.9 Å². The van der Waals surface area contributed by atoms with E-state index in [1.807, 2.05) is 0 Å². The summed E-state index contributed by atoms with van der Waals surface area (Å²) in [6, 6.07) is 4.33. The first-order valence-electron chi connectivity index (χ1n) is 4.74. The van der Waals surface area contributed by atoms with E-state index in [0.29, 0.717) is 4.47 Å². The molecule has 3 nitrogen and oxygen atoms in total. The van der Waals surface area contributed by atoms with Crippen molar-refractivity contribution >= 4 is 39.3 Å².